The summed E-state index contributed by atoms with van der Waals surface area (Å²) in [5.74, 6) is -0.933. The fraction of sp³-hybridized carbons (Fsp3) is 0.355. The molecular formula is C31H36N2O2. The molecule has 0 aromatic heterocycles. The summed E-state index contributed by atoms with van der Waals surface area (Å²) < 4.78 is 0. The van der Waals surface area contributed by atoms with E-state index in [9.17, 15) is 9.90 Å². The summed E-state index contributed by atoms with van der Waals surface area (Å²) in [6.07, 6.45) is 2.30. The van der Waals surface area contributed by atoms with Gasteiger partial charge in [-0.15, -0.1) is 0 Å². The smallest absolute Gasteiger partial charge is 0.335 e. The second kappa shape index (κ2) is 8.99. The molecule has 0 radical (unpaired) electrons. The third-order valence-corrected chi connectivity index (χ3v) is 7.54. The maximum atomic E-state index is 11.4. The number of anilines is 1. The molecule has 3 aromatic rings. The molecule has 3 aromatic carbocycles. The van der Waals surface area contributed by atoms with Crippen molar-refractivity contribution in [3.05, 3.63) is 99.1 Å². The lowest BCUT2D eigenvalue weighted by molar-refractivity contribution is 0.0697. The van der Waals surface area contributed by atoms with Crippen molar-refractivity contribution < 1.29 is 9.90 Å². The Morgan fingerprint density at radius 3 is 1.97 bits per heavy atom. The Labute approximate surface area is 209 Å². The molecule has 0 bridgehead atoms. The van der Waals surface area contributed by atoms with E-state index in [-0.39, 0.29) is 16.4 Å². The van der Waals surface area contributed by atoms with Gasteiger partial charge in [-0.25, -0.2) is 4.79 Å². The molecule has 4 nitrogen and oxygen atoms in total. The van der Waals surface area contributed by atoms with Crippen molar-refractivity contribution in [2.45, 2.75) is 72.1 Å². The van der Waals surface area contributed by atoms with Gasteiger partial charge in [0.25, 0.3) is 0 Å². The molecule has 0 atom stereocenters. The number of nitrogens with one attached hydrogen (secondary N) is 1. The molecule has 0 fully saturated rings. The third-order valence-electron chi connectivity index (χ3n) is 7.54. The number of benzene rings is 3. The monoisotopic (exact) mass is 468 g/mol. The highest BCUT2D eigenvalue weighted by Crippen LogP contribution is 2.46. The first kappa shape index (κ1) is 24.7. The molecule has 0 unspecified atom stereocenters. The van der Waals surface area contributed by atoms with Crippen LogP contribution in [0, 0.1) is 20.8 Å². The highest BCUT2D eigenvalue weighted by Gasteiger charge is 2.37. The average molecular weight is 469 g/mol. The molecule has 4 heteroatoms. The second-order valence-corrected chi connectivity index (χ2v) is 11.3. The summed E-state index contributed by atoms with van der Waals surface area (Å²) in [7, 11) is 0. The summed E-state index contributed by atoms with van der Waals surface area (Å²) in [6.45, 7) is 15.6. The average Bonchev–Trinajstić information content (AvgIpc) is 2.80. The first-order valence-electron chi connectivity index (χ1n) is 12.3. The number of carbonyl (C=O) groups is 1. The molecule has 182 valence electrons. The lowest BCUT2D eigenvalue weighted by Crippen LogP contribution is -2.34. The topological polar surface area (TPSA) is 61.7 Å². The van der Waals surface area contributed by atoms with Crippen molar-refractivity contribution in [1.82, 2.24) is 0 Å². The summed E-state index contributed by atoms with van der Waals surface area (Å²) in [6, 6.07) is 17.9. The molecular weight excluding hydrogens is 432 g/mol. The van der Waals surface area contributed by atoms with E-state index in [2.05, 4.69) is 84.2 Å². The highest BCUT2D eigenvalue weighted by molar-refractivity contribution is 6.14. The van der Waals surface area contributed by atoms with Crippen LogP contribution in [-0.4, -0.2) is 16.8 Å². The quantitative estimate of drug-likeness (QED) is 0.301. The Hall–Kier alpha value is -3.40. The Morgan fingerprint density at radius 2 is 1.37 bits per heavy atom. The number of aryl methyl sites for hydroxylation is 3. The van der Waals surface area contributed by atoms with Crippen LogP contribution in [0.3, 0.4) is 0 Å². The van der Waals surface area contributed by atoms with Gasteiger partial charge in [0.05, 0.1) is 17.0 Å². The fourth-order valence-electron chi connectivity index (χ4n) is 5.00. The number of carboxylic acids is 1. The molecule has 2 N–H and O–H groups in total. The van der Waals surface area contributed by atoms with Gasteiger partial charge in [-0.05, 0) is 96.5 Å². The van der Waals surface area contributed by atoms with Crippen LogP contribution in [0.15, 0.2) is 59.7 Å². The molecule has 1 aliphatic carbocycles. The van der Waals surface area contributed by atoms with Crippen LogP contribution < -0.4 is 5.43 Å². The van der Waals surface area contributed by atoms with Crippen molar-refractivity contribution in [1.29, 1.82) is 0 Å². The summed E-state index contributed by atoms with van der Waals surface area (Å²) in [4.78, 5) is 11.4. The van der Waals surface area contributed by atoms with Crippen LogP contribution in [0.2, 0.25) is 0 Å². The third kappa shape index (κ3) is 4.88. The van der Waals surface area contributed by atoms with Crippen LogP contribution in [0.1, 0.15) is 89.8 Å². The number of hydrazone groups is 1. The maximum Gasteiger partial charge on any atom is 0.335 e. The van der Waals surface area contributed by atoms with Crippen molar-refractivity contribution in [3.63, 3.8) is 0 Å². The van der Waals surface area contributed by atoms with Crippen molar-refractivity contribution in [2.24, 2.45) is 5.10 Å². The molecule has 35 heavy (non-hydrogen) atoms. The van der Waals surface area contributed by atoms with Gasteiger partial charge in [0.1, 0.15) is 0 Å². The Morgan fingerprint density at radius 1 is 0.800 bits per heavy atom. The molecule has 4 rings (SSSR count). The normalized spacial score (nSPS) is 16.5. The number of carboxylic acid groups (broad SMARTS) is 1. The van der Waals surface area contributed by atoms with Crippen molar-refractivity contribution in [3.8, 4) is 0 Å². The van der Waals surface area contributed by atoms with Crippen molar-refractivity contribution in [2.75, 3.05) is 5.43 Å². The van der Waals surface area contributed by atoms with E-state index in [0.29, 0.717) is 0 Å². The van der Waals surface area contributed by atoms with Gasteiger partial charge < -0.3 is 5.11 Å². The molecule has 0 heterocycles. The van der Waals surface area contributed by atoms with Crippen LogP contribution in [0.25, 0.3) is 0 Å². The minimum atomic E-state index is -0.933. The molecule has 0 saturated carbocycles. The van der Waals surface area contributed by atoms with Crippen LogP contribution in [0.5, 0.6) is 0 Å². The van der Waals surface area contributed by atoms with E-state index in [1.807, 2.05) is 12.1 Å². The summed E-state index contributed by atoms with van der Waals surface area (Å²) >= 11 is 0. The maximum absolute atomic E-state index is 11.4. The highest BCUT2D eigenvalue weighted by atomic mass is 16.4. The lowest BCUT2D eigenvalue weighted by atomic mass is 9.62. The van der Waals surface area contributed by atoms with Gasteiger partial charge in [0.2, 0.25) is 0 Å². The van der Waals surface area contributed by atoms with Gasteiger partial charge >= 0.3 is 5.97 Å². The van der Waals surface area contributed by atoms with E-state index in [0.717, 1.165) is 46.5 Å². The van der Waals surface area contributed by atoms with Gasteiger partial charge in [0, 0.05) is 11.1 Å². The summed E-state index contributed by atoms with van der Waals surface area (Å²) in [5, 5.41) is 14.3. The summed E-state index contributed by atoms with van der Waals surface area (Å²) in [5.41, 5.74) is 13.7. The predicted octanol–water partition coefficient (Wildman–Crippen LogP) is 7.52. The van der Waals surface area contributed by atoms with Gasteiger partial charge in [-0.1, -0.05) is 58.0 Å². The Bertz CT molecular complexity index is 1310. The SMILES string of the molecule is Cc1ccc(C)c(N/N=C(\c2ccc(C(=O)O)cc2)c2cc3c(cc2C)C(C)(C)CCC3(C)C)c1. The molecule has 0 saturated heterocycles. The zero-order valence-electron chi connectivity index (χ0n) is 21.9. The number of nitrogens with zero attached hydrogens (tertiary/aromatic N) is 1. The van der Waals surface area contributed by atoms with Crippen LogP contribution in [-0.2, 0) is 10.8 Å². The van der Waals surface area contributed by atoms with Crippen LogP contribution in [0.4, 0.5) is 5.69 Å². The van der Waals surface area contributed by atoms with E-state index in [1.165, 1.54) is 16.7 Å². The van der Waals surface area contributed by atoms with Gasteiger partial charge in [0.15, 0.2) is 0 Å². The Balaban J connectivity index is 1.90. The number of rotatable bonds is 5. The zero-order chi connectivity index (χ0) is 25.5. The second-order valence-electron chi connectivity index (χ2n) is 11.3. The predicted molar refractivity (Wildman–Crippen MR) is 145 cm³/mol. The van der Waals surface area contributed by atoms with Crippen LogP contribution >= 0.6 is 0 Å². The first-order valence-corrected chi connectivity index (χ1v) is 12.3. The van der Waals surface area contributed by atoms with Gasteiger partial charge in [-0.2, -0.15) is 5.10 Å². The van der Waals surface area contributed by atoms with E-state index < -0.39 is 5.97 Å². The van der Waals surface area contributed by atoms with E-state index in [4.69, 9.17) is 5.10 Å². The minimum absolute atomic E-state index is 0.0755. The first-order chi connectivity index (χ1) is 16.4. The number of hydrogen-bond donors (Lipinski definition) is 2. The van der Waals surface area contributed by atoms with Gasteiger partial charge in [-0.3, -0.25) is 5.43 Å². The number of aromatic carboxylic acids is 1. The standard InChI is InChI=1S/C31H36N2O2/c1-19-8-9-20(2)27(16-19)32-33-28(22-10-12-23(13-11-22)29(34)35)24-18-26-25(17-21(24)3)30(4,5)14-15-31(26,6)7/h8-13,16-18,32H,14-15H2,1-7H3,(H,34,35)/b33-28+. The molecule has 0 aliphatic heterocycles. The van der Waals surface area contributed by atoms with E-state index >= 15 is 0 Å². The minimum Gasteiger partial charge on any atom is -0.478 e. The number of hydrogen-bond acceptors (Lipinski definition) is 3. The molecule has 1 aliphatic rings. The molecule has 0 amide bonds. The number of fused-ring (bicyclic) bond motifs is 1. The fourth-order valence-corrected chi connectivity index (χ4v) is 5.00. The molecule has 0 spiro atoms. The Kier molecular flexibility index (Phi) is 6.35. The largest absolute Gasteiger partial charge is 0.478 e. The lowest BCUT2D eigenvalue weighted by Gasteiger charge is -2.42. The van der Waals surface area contributed by atoms with E-state index in [1.54, 1.807) is 12.1 Å². The zero-order valence-corrected chi connectivity index (χ0v) is 21.9. The van der Waals surface area contributed by atoms with Crippen molar-refractivity contribution >= 4 is 17.4 Å².